The van der Waals surface area contributed by atoms with Crippen LogP contribution < -0.4 is 11.1 Å². The molecule has 0 aliphatic rings. The number of hydrogen-bond donors (Lipinski definition) is 2. The van der Waals surface area contributed by atoms with E-state index in [-0.39, 0.29) is 10.8 Å². The molecule has 0 aliphatic heterocycles. The van der Waals surface area contributed by atoms with Crippen molar-refractivity contribution in [2.75, 3.05) is 11.1 Å². The Kier molecular flexibility index (Phi) is 5.45. The van der Waals surface area contributed by atoms with E-state index in [1.54, 1.807) is 11.8 Å². The van der Waals surface area contributed by atoms with Crippen molar-refractivity contribution in [2.24, 2.45) is 5.73 Å². The van der Waals surface area contributed by atoms with Gasteiger partial charge >= 0.3 is 0 Å². The highest BCUT2D eigenvalue weighted by Crippen LogP contribution is 2.31. The van der Waals surface area contributed by atoms with E-state index in [0.717, 1.165) is 16.2 Å². The summed E-state index contributed by atoms with van der Waals surface area (Å²) in [6.45, 7) is 2.05. The van der Waals surface area contributed by atoms with Crippen LogP contribution in [0.5, 0.6) is 0 Å². The van der Waals surface area contributed by atoms with E-state index >= 15 is 0 Å². The van der Waals surface area contributed by atoms with Gasteiger partial charge in [0.2, 0.25) is 0 Å². The monoisotopic (exact) mass is 340 g/mol. The Balaban J connectivity index is 2.46. The molecule has 0 fully saturated rings. The highest BCUT2D eigenvalue weighted by atomic mass is 35.5. The molecule has 0 unspecified atom stereocenters. The lowest BCUT2D eigenvalue weighted by Crippen LogP contribution is -2.13. The largest absolute Gasteiger partial charge is 0.389 e. The first kappa shape index (κ1) is 16.1. The van der Waals surface area contributed by atoms with Gasteiger partial charge in [0.15, 0.2) is 0 Å². The SMILES string of the molecule is CCSc1cccc(Nc2cc(Cl)ccc2F)c1C(N)=S. The fourth-order valence-electron chi connectivity index (χ4n) is 1.90. The van der Waals surface area contributed by atoms with Crippen molar-refractivity contribution in [3.63, 3.8) is 0 Å². The van der Waals surface area contributed by atoms with E-state index in [1.165, 1.54) is 18.2 Å². The summed E-state index contributed by atoms with van der Waals surface area (Å²) >= 11 is 12.7. The second-order valence-electron chi connectivity index (χ2n) is 4.23. The Morgan fingerprint density at radius 1 is 1.33 bits per heavy atom. The number of halogens is 2. The molecule has 0 aromatic heterocycles. The minimum atomic E-state index is -0.387. The van der Waals surface area contributed by atoms with Gasteiger partial charge < -0.3 is 11.1 Å². The van der Waals surface area contributed by atoms with Crippen LogP contribution in [0.3, 0.4) is 0 Å². The molecule has 0 aliphatic carbocycles. The average molecular weight is 341 g/mol. The first-order chi connectivity index (χ1) is 10.0. The minimum Gasteiger partial charge on any atom is -0.389 e. The summed E-state index contributed by atoms with van der Waals surface area (Å²) in [5.74, 6) is 0.506. The Morgan fingerprint density at radius 3 is 2.76 bits per heavy atom. The summed E-state index contributed by atoms with van der Waals surface area (Å²) in [7, 11) is 0. The van der Waals surface area contributed by atoms with Crippen LogP contribution in [0.4, 0.5) is 15.8 Å². The van der Waals surface area contributed by atoms with Crippen LogP contribution in [0.15, 0.2) is 41.3 Å². The summed E-state index contributed by atoms with van der Waals surface area (Å²) in [5, 5.41) is 3.48. The molecule has 3 N–H and O–H groups in total. The number of thiocarbonyl (C=S) groups is 1. The fraction of sp³-hybridized carbons (Fsp3) is 0.133. The third kappa shape index (κ3) is 3.87. The number of rotatable bonds is 5. The zero-order valence-corrected chi connectivity index (χ0v) is 13.7. The highest BCUT2D eigenvalue weighted by molar-refractivity contribution is 7.99. The molecule has 2 aromatic carbocycles. The lowest BCUT2D eigenvalue weighted by molar-refractivity contribution is 0.632. The van der Waals surface area contributed by atoms with Gasteiger partial charge in [-0.05, 0) is 36.1 Å². The Morgan fingerprint density at radius 2 is 2.10 bits per heavy atom. The van der Waals surface area contributed by atoms with E-state index in [4.69, 9.17) is 29.6 Å². The first-order valence-corrected chi connectivity index (χ1v) is 8.07. The molecule has 110 valence electrons. The fourth-order valence-corrected chi connectivity index (χ4v) is 3.21. The molecular weight excluding hydrogens is 327 g/mol. The molecule has 0 atom stereocenters. The molecule has 0 amide bonds. The number of thioether (sulfide) groups is 1. The summed E-state index contributed by atoms with van der Waals surface area (Å²) in [5.41, 5.74) is 7.51. The minimum absolute atomic E-state index is 0.275. The molecule has 0 bridgehead atoms. The van der Waals surface area contributed by atoms with Gasteiger partial charge in [-0.15, -0.1) is 11.8 Å². The van der Waals surface area contributed by atoms with Gasteiger partial charge in [0.25, 0.3) is 0 Å². The zero-order valence-electron chi connectivity index (χ0n) is 11.3. The quantitative estimate of drug-likeness (QED) is 0.595. The number of benzene rings is 2. The maximum Gasteiger partial charge on any atom is 0.146 e. The molecule has 0 spiro atoms. The lowest BCUT2D eigenvalue weighted by atomic mass is 10.1. The molecule has 0 saturated heterocycles. The van der Waals surface area contributed by atoms with Crippen molar-refractivity contribution in [2.45, 2.75) is 11.8 Å². The van der Waals surface area contributed by atoms with Gasteiger partial charge in [-0.3, -0.25) is 0 Å². The van der Waals surface area contributed by atoms with Crippen molar-refractivity contribution in [1.29, 1.82) is 0 Å². The maximum absolute atomic E-state index is 13.8. The van der Waals surface area contributed by atoms with Gasteiger partial charge in [-0.1, -0.05) is 36.8 Å². The van der Waals surface area contributed by atoms with E-state index in [2.05, 4.69) is 5.32 Å². The Hall–Kier alpha value is -1.30. The normalized spacial score (nSPS) is 10.4. The van der Waals surface area contributed by atoms with Gasteiger partial charge in [-0.2, -0.15) is 0 Å². The van der Waals surface area contributed by atoms with Gasteiger partial charge in [0.1, 0.15) is 10.8 Å². The Bertz CT molecular complexity index is 677. The summed E-state index contributed by atoms with van der Waals surface area (Å²) < 4.78 is 13.8. The van der Waals surface area contributed by atoms with E-state index < -0.39 is 0 Å². The topological polar surface area (TPSA) is 38.0 Å². The van der Waals surface area contributed by atoms with Crippen molar-refractivity contribution in [3.8, 4) is 0 Å². The maximum atomic E-state index is 13.8. The molecule has 0 saturated carbocycles. The van der Waals surface area contributed by atoms with Crippen molar-refractivity contribution in [1.82, 2.24) is 0 Å². The molecule has 0 heterocycles. The van der Waals surface area contributed by atoms with Crippen LogP contribution >= 0.6 is 35.6 Å². The summed E-state index contributed by atoms with van der Waals surface area (Å²) in [6.07, 6.45) is 0. The van der Waals surface area contributed by atoms with E-state index in [0.29, 0.717) is 16.4 Å². The number of nitrogens with one attached hydrogen (secondary N) is 1. The molecule has 6 heteroatoms. The van der Waals surface area contributed by atoms with E-state index in [1.807, 2.05) is 25.1 Å². The average Bonchev–Trinajstić information content (AvgIpc) is 2.43. The predicted octanol–water partition coefficient (Wildman–Crippen LogP) is 4.97. The van der Waals surface area contributed by atoms with Crippen molar-refractivity contribution >= 4 is 51.9 Å². The number of nitrogens with two attached hydrogens (primary N) is 1. The van der Waals surface area contributed by atoms with Crippen LogP contribution in [-0.2, 0) is 0 Å². The molecule has 2 rings (SSSR count). The molecule has 21 heavy (non-hydrogen) atoms. The van der Waals surface area contributed by atoms with Crippen LogP contribution in [0, 0.1) is 5.82 Å². The van der Waals surface area contributed by atoms with Gasteiger partial charge in [0, 0.05) is 21.2 Å². The van der Waals surface area contributed by atoms with Gasteiger partial charge in [-0.25, -0.2) is 4.39 Å². The molecular formula is C15H14ClFN2S2. The smallest absolute Gasteiger partial charge is 0.146 e. The Labute approximate surface area is 137 Å². The van der Waals surface area contributed by atoms with Crippen LogP contribution in [0.2, 0.25) is 5.02 Å². The van der Waals surface area contributed by atoms with Crippen LogP contribution in [0.25, 0.3) is 0 Å². The van der Waals surface area contributed by atoms with Crippen molar-refractivity contribution < 1.29 is 4.39 Å². The summed E-state index contributed by atoms with van der Waals surface area (Å²) in [4.78, 5) is 1.24. The number of anilines is 2. The van der Waals surface area contributed by atoms with E-state index in [9.17, 15) is 4.39 Å². The third-order valence-corrected chi connectivity index (χ3v) is 4.15. The van der Waals surface area contributed by atoms with Gasteiger partial charge in [0.05, 0.1) is 5.69 Å². The predicted molar refractivity (Wildman–Crippen MR) is 93.4 cm³/mol. The van der Waals surface area contributed by atoms with Crippen LogP contribution in [0.1, 0.15) is 12.5 Å². The molecule has 2 aromatic rings. The third-order valence-electron chi connectivity index (χ3n) is 2.77. The second kappa shape index (κ2) is 7.11. The number of hydrogen-bond acceptors (Lipinski definition) is 3. The lowest BCUT2D eigenvalue weighted by Gasteiger charge is -2.15. The summed E-state index contributed by atoms with van der Waals surface area (Å²) in [6, 6.07) is 9.98. The second-order valence-corrected chi connectivity index (χ2v) is 6.41. The van der Waals surface area contributed by atoms with Crippen LogP contribution in [-0.4, -0.2) is 10.7 Å². The molecule has 0 radical (unpaired) electrons. The standard InChI is InChI=1S/C15H14ClFN2S2/c1-2-21-13-5-3-4-11(14(13)15(18)20)19-12-8-9(16)6-7-10(12)17/h3-8,19H,2H2,1H3,(H2,18,20). The zero-order chi connectivity index (χ0) is 15.4. The van der Waals surface area contributed by atoms with Crippen molar-refractivity contribution in [3.05, 3.63) is 52.8 Å². The highest BCUT2D eigenvalue weighted by Gasteiger charge is 2.13. The first-order valence-electron chi connectivity index (χ1n) is 6.30. The molecule has 2 nitrogen and oxygen atoms in total.